The monoisotopic (exact) mass is 364 g/mol. The van der Waals surface area contributed by atoms with Crippen LogP contribution in [-0.4, -0.2) is 38.7 Å². The van der Waals surface area contributed by atoms with E-state index in [4.69, 9.17) is 26.8 Å². The van der Waals surface area contributed by atoms with Crippen molar-refractivity contribution in [1.29, 1.82) is 0 Å². The summed E-state index contributed by atoms with van der Waals surface area (Å²) in [6.07, 6.45) is 0. The number of halogens is 1. The van der Waals surface area contributed by atoms with Gasteiger partial charge in [0.15, 0.2) is 10.8 Å². The lowest BCUT2D eigenvalue weighted by Crippen LogP contribution is -2.19. The minimum Gasteiger partial charge on any atom is -0.496 e. The zero-order valence-electron chi connectivity index (χ0n) is 14.2. The molecule has 0 aliphatic heterocycles. The van der Waals surface area contributed by atoms with Gasteiger partial charge >= 0.3 is 5.69 Å². The molecule has 3 N–H and O–H groups in total. The fraction of sp³-hybridized carbons (Fsp3) is 0.333. The third-order valence-corrected chi connectivity index (χ3v) is 4.25. The van der Waals surface area contributed by atoms with Gasteiger partial charge in [-0.1, -0.05) is 11.6 Å². The van der Waals surface area contributed by atoms with E-state index < -0.39 is 5.69 Å². The first kappa shape index (κ1) is 17.0. The first-order valence-corrected chi connectivity index (χ1v) is 7.74. The Labute approximate surface area is 147 Å². The van der Waals surface area contributed by atoms with Gasteiger partial charge < -0.3 is 20.2 Å². The molecule has 0 atom stereocenters. The van der Waals surface area contributed by atoms with E-state index >= 15 is 0 Å². The molecule has 0 aliphatic carbocycles. The van der Waals surface area contributed by atoms with Crippen LogP contribution in [0.2, 0.25) is 5.15 Å². The Morgan fingerprint density at radius 3 is 2.52 bits per heavy atom. The first-order chi connectivity index (χ1) is 11.9. The van der Waals surface area contributed by atoms with E-state index in [2.05, 4.69) is 19.9 Å². The van der Waals surface area contributed by atoms with Gasteiger partial charge in [0, 0.05) is 5.56 Å². The van der Waals surface area contributed by atoms with E-state index in [0.717, 1.165) is 11.1 Å². The normalized spacial score (nSPS) is 11.1. The third kappa shape index (κ3) is 2.76. The highest BCUT2D eigenvalue weighted by atomic mass is 35.5. The number of aromatic amines is 1. The maximum absolute atomic E-state index is 12.3. The molecule has 132 valence electrons. The molecule has 0 aromatic carbocycles. The molecule has 3 heterocycles. The number of nitrogen functional groups attached to an aromatic ring is 1. The van der Waals surface area contributed by atoms with Crippen LogP contribution in [0.1, 0.15) is 16.8 Å². The van der Waals surface area contributed by atoms with E-state index in [1.807, 2.05) is 13.8 Å². The van der Waals surface area contributed by atoms with Crippen LogP contribution in [-0.2, 0) is 6.54 Å². The Bertz CT molecular complexity index is 1030. The van der Waals surface area contributed by atoms with E-state index in [-0.39, 0.29) is 17.6 Å². The van der Waals surface area contributed by atoms with Gasteiger partial charge in [-0.2, -0.15) is 9.97 Å². The molecule has 0 radical (unpaired) electrons. The number of imidazole rings is 1. The van der Waals surface area contributed by atoms with Crippen molar-refractivity contribution < 1.29 is 9.47 Å². The summed E-state index contributed by atoms with van der Waals surface area (Å²) >= 11 is 6.03. The molecule has 0 unspecified atom stereocenters. The predicted molar refractivity (Wildman–Crippen MR) is 93.5 cm³/mol. The van der Waals surface area contributed by atoms with Crippen LogP contribution < -0.4 is 20.9 Å². The number of nitrogens with one attached hydrogen (secondary N) is 1. The number of pyridine rings is 1. The third-order valence-electron chi connectivity index (χ3n) is 3.97. The van der Waals surface area contributed by atoms with Crippen LogP contribution in [0.3, 0.4) is 0 Å². The predicted octanol–water partition coefficient (Wildman–Crippen LogP) is 1.43. The van der Waals surface area contributed by atoms with Gasteiger partial charge in [-0.3, -0.25) is 4.57 Å². The zero-order chi connectivity index (χ0) is 18.3. The van der Waals surface area contributed by atoms with Crippen molar-refractivity contribution in [2.75, 3.05) is 20.0 Å². The maximum Gasteiger partial charge on any atom is 0.328 e. The van der Waals surface area contributed by atoms with Crippen molar-refractivity contribution in [1.82, 2.24) is 24.5 Å². The van der Waals surface area contributed by atoms with Crippen molar-refractivity contribution in [3.05, 3.63) is 32.5 Å². The molecule has 0 aliphatic rings. The number of ether oxygens (including phenoxy) is 2. The summed E-state index contributed by atoms with van der Waals surface area (Å²) in [6.45, 7) is 3.86. The van der Waals surface area contributed by atoms with Crippen LogP contribution in [0.4, 0.5) is 5.95 Å². The summed E-state index contributed by atoms with van der Waals surface area (Å²) in [4.78, 5) is 27.4. The Morgan fingerprint density at radius 2 is 1.88 bits per heavy atom. The quantitative estimate of drug-likeness (QED) is 0.671. The van der Waals surface area contributed by atoms with Crippen molar-refractivity contribution >= 4 is 28.7 Å². The summed E-state index contributed by atoms with van der Waals surface area (Å²) in [5, 5.41) is 0.0853. The minimum atomic E-state index is -0.392. The number of nitrogens with two attached hydrogens (primary N) is 1. The summed E-state index contributed by atoms with van der Waals surface area (Å²) < 4.78 is 12.1. The lowest BCUT2D eigenvalue weighted by Gasteiger charge is -2.15. The van der Waals surface area contributed by atoms with Crippen molar-refractivity contribution in [3.8, 4) is 11.6 Å². The van der Waals surface area contributed by atoms with Gasteiger partial charge in [-0.05, 0) is 13.8 Å². The van der Waals surface area contributed by atoms with Gasteiger partial charge in [-0.25, -0.2) is 9.78 Å². The lowest BCUT2D eigenvalue weighted by atomic mass is 10.1. The topological polar surface area (TPSA) is 121 Å². The summed E-state index contributed by atoms with van der Waals surface area (Å²) in [5.41, 5.74) is 8.08. The van der Waals surface area contributed by atoms with Crippen LogP contribution in [0.25, 0.3) is 11.2 Å². The van der Waals surface area contributed by atoms with Crippen LogP contribution >= 0.6 is 11.6 Å². The van der Waals surface area contributed by atoms with Crippen molar-refractivity contribution in [2.45, 2.75) is 20.4 Å². The standard InChI is InChI=1S/C15H17ClN6O3/c1-6-8(18-13(25-4)7(2)10(6)24-3)5-22-12-9(19-15(22)23)11(16)20-14(17)21-12/h5H2,1-4H3,(H,19,23)(H2,17,20,21). The highest BCUT2D eigenvalue weighted by Gasteiger charge is 2.19. The molecule has 0 fully saturated rings. The Kier molecular flexibility index (Phi) is 4.25. The van der Waals surface area contributed by atoms with E-state index in [0.29, 0.717) is 28.5 Å². The molecular weight excluding hydrogens is 348 g/mol. The number of anilines is 1. The van der Waals surface area contributed by atoms with E-state index in [1.54, 1.807) is 7.11 Å². The fourth-order valence-corrected chi connectivity index (χ4v) is 2.98. The van der Waals surface area contributed by atoms with Crippen molar-refractivity contribution in [3.63, 3.8) is 0 Å². The second-order valence-corrected chi connectivity index (χ2v) is 5.80. The zero-order valence-corrected chi connectivity index (χ0v) is 14.9. The number of hydrogen-bond donors (Lipinski definition) is 2. The number of fused-ring (bicyclic) bond motifs is 1. The number of methoxy groups -OCH3 is 2. The molecule has 3 aromatic rings. The molecular formula is C15H17ClN6O3. The van der Waals surface area contributed by atoms with Crippen molar-refractivity contribution in [2.24, 2.45) is 0 Å². The first-order valence-electron chi connectivity index (χ1n) is 7.37. The van der Waals surface area contributed by atoms with Gasteiger partial charge in [0.2, 0.25) is 11.8 Å². The molecule has 3 rings (SSSR count). The average molecular weight is 365 g/mol. The highest BCUT2D eigenvalue weighted by Crippen LogP contribution is 2.31. The van der Waals surface area contributed by atoms with Gasteiger partial charge in [0.25, 0.3) is 0 Å². The fourth-order valence-electron chi connectivity index (χ4n) is 2.77. The van der Waals surface area contributed by atoms with Gasteiger partial charge in [0.1, 0.15) is 11.3 Å². The van der Waals surface area contributed by atoms with Crippen LogP contribution in [0.5, 0.6) is 11.6 Å². The molecule has 25 heavy (non-hydrogen) atoms. The second-order valence-electron chi connectivity index (χ2n) is 5.44. The van der Waals surface area contributed by atoms with Crippen LogP contribution in [0.15, 0.2) is 4.79 Å². The Morgan fingerprint density at radius 1 is 1.16 bits per heavy atom. The molecule has 0 amide bonds. The SMILES string of the molecule is COc1nc(Cn2c(=O)[nH]c3c(Cl)nc(N)nc32)c(C)c(OC)c1C. The maximum atomic E-state index is 12.3. The average Bonchev–Trinajstić information content (AvgIpc) is 2.87. The van der Waals surface area contributed by atoms with E-state index in [1.165, 1.54) is 11.7 Å². The molecule has 3 aromatic heterocycles. The number of hydrogen-bond acceptors (Lipinski definition) is 7. The number of rotatable bonds is 4. The number of nitrogens with zero attached hydrogens (tertiary/aromatic N) is 4. The molecule has 9 nitrogen and oxygen atoms in total. The molecule has 0 saturated heterocycles. The molecule has 10 heteroatoms. The van der Waals surface area contributed by atoms with Gasteiger partial charge in [0.05, 0.1) is 32.0 Å². The summed E-state index contributed by atoms with van der Waals surface area (Å²) in [6, 6.07) is 0. The van der Waals surface area contributed by atoms with Gasteiger partial charge in [-0.15, -0.1) is 0 Å². The summed E-state index contributed by atoms with van der Waals surface area (Å²) in [7, 11) is 3.10. The van der Waals surface area contributed by atoms with Crippen LogP contribution in [0, 0.1) is 13.8 Å². The van der Waals surface area contributed by atoms with E-state index in [9.17, 15) is 4.79 Å². The lowest BCUT2D eigenvalue weighted by molar-refractivity contribution is 0.372. The minimum absolute atomic E-state index is 0.0194. The molecule has 0 bridgehead atoms. The molecule has 0 spiro atoms. The molecule has 0 saturated carbocycles. The highest BCUT2D eigenvalue weighted by molar-refractivity contribution is 6.33. The smallest absolute Gasteiger partial charge is 0.328 e. The Hall–Kier alpha value is -2.81. The number of aromatic nitrogens is 5. The second kappa shape index (κ2) is 6.25. The largest absolute Gasteiger partial charge is 0.496 e. The number of H-pyrrole nitrogens is 1. The summed E-state index contributed by atoms with van der Waals surface area (Å²) in [5.74, 6) is 1.06. The Balaban J connectivity index is 2.20.